The molecule has 0 atom stereocenters. The number of rotatable bonds is 9. The highest BCUT2D eigenvalue weighted by molar-refractivity contribution is 5.77. The number of carbonyl (C=O) groups is 1. The lowest BCUT2D eigenvalue weighted by Gasteiger charge is -2.37. The monoisotopic (exact) mass is 403 g/mol. The molecule has 1 saturated heterocycles. The molecule has 0 unspecified atom stereocenters. The number of amides is 1. The van der Waals surface area contributed by atoms with Crippen LogP contribution in [0.3, 0.4) is 0 Å². The van der Waals surface area contributed by atoms with Crippen LogP contribution in [0.15, 0.2) is 24.3 Å². The van der Waals surface area contributed by atoms with E-state index in [9.17, 15) is 4.79 Å². The second-order valence-corrected chi connectivity index (χ2v) is 8.21. The second kappa shape index (κ2) is 11.4. The van der Waals surface area contributed by atoms with Gasteiger partial charge >= 0.3 is 0 Å². The van der Waals surface area contributed by atoms with Gasteiger partial charge in [0.05, 0.1) is 12.8 Å². The number of piperazine rings is 1. The average Bonchev–Trinajstić information content (AvgIpc) is 2.77. The highest BCUT2D eigenvalue weighted by Crippen LogP contribution is 2.29. The van der Waals surface area contributed by atoms with Crippen molar-refractivity contribution in [2.75, 3.05) is 57.9 Å². The summed E-state index contributed by atoms with van der Waals surface area (Å²) >= 11 is 0. The molecule has 1 aliphatic heterocycles. The zero-order valence-corrected chi connectivity index (χ0v) is 18.1. The summed E-state index contributed by atoms with van der Waals surface area (Å²) in [6, 6.07) is 8.64. The van der Waals surface area contributed by atoms with Crippen molar-refractivity contribution in [2.24, 2.45) is 5.92 Å². The first-order valence-corrected chi connectivity index (χ1v) is 11.2. The maximum absolute atomic E-state index is 11.8. The number of hydrogen-bond acceptors (Lipinski definition) is 5. The number of methoxy groups -OCH3 is 1. The Morgan fingerprint density at radius 2 is 1.83 bits per heavy atom. The van der Waals surface area contributed by atoms with E-state index >= 15 is 0 Å². The summed E-state index contributed by atoms with van der Waals surface area (Å²) < 4.78 is 10.7. The number of ether oxygens (including phenoxy) is 2. The van der Waals surface area contributed by atoms with E-state index in [0.717, 1.165) is 50.7 Å². The molecule has 6 heteroatoms. The van der Waals surface area contributed by atoms with Crippen molar-refractivity contribution < 1.29 is 14.3 Å². The van der Waals surface area contributed by atoms with E-state index in [1.165, 1.54) is 31.5 Å². The van der Waals surface area contributed by atoms with Gasteiger partial charge in [-0.15, -0.1) is 0 Å². The molecule has 0 radical (unpaired) electrons. The van der Waals surface area contributed by atoms with Crippen LogP contribution in [0, 0.1) is 5.92 Å². The van der Waals surface area contributed by atoms with Gasteiger partial charge < -0.3 is 19.7 Å². The fourth-order valence-corrected chi connectivity index (χ4v) is 4.53. The predicted molar refractivity (Wildman–Crippen MR) is 117 cm³/mol. The third-order valence-electron chi connectivity index (χ3n) is 6.30. The lowest BCUT2D eigenvalue weighted by Crippen LogP contribution is -2.47. The molecule has 1 aromatic rings. The van der Waals surface area contributed by atoms with E-state index in [4.69, 9.17) is 9.47 Å². The summed E-state index contributed by atoms with van der Waals surface area (Å²) in [5.41, 5.74) is 1.21. The topological polar surface area (TPSA) is 54.0 Å². The van der Waals surface area contributed by atoms with Gasteiger partial charge in [-0.25, -0.2) is 0 Å². The normalized spacial score (nSPS) is 23.0. The SMILES string of the molecule is CCOCC(=O)N[C@H]1CC[C@H](CCN2CCN(c3ccccc3OC)CC2)CC1. The molecule has 6 nitrogen and oxygen atoms in total. The fraction of sp³-hybridized carbons (Fsp3) is 0.696. The van der Waals surface area contributed by atoms with Crippen LogP contribution in [0.4, 0.5) is 5.69 Å². The Morgan fingerprint density at radius 3 is 2.52 bits per heavy atom. The summed E-state index contributed by atoms with van der Waals surface area (Å²) in [7, 11) is 1.74. The van der Waals surface area contributed by atoms with E-state index in [1.54, 1.807) is 7.11 Å². The zero-order valence-electron chi connectivity index (χ0n) is 18.1. The molecule has 29 heavy (non-hydrogen) atoms. The standard InChI is InChI=1S/C23H37N3O3/c1-3-29-18-23(27)24-20-10-8-19(9-11-20)12-13-25-14-16-26(17-15-25)21-6-4-5-7-22(21)28-2/h4-7,19-20H,3,8-18H2,1-2H3,(H,24,27)/t19-,20-. The second-order valence-electron chi connectivity index (χ2n) is 8.21. The molecule has 1 aromatic carbocycles. The molecule has 0 aromatic heterocycles. The Kier molecular flexibility index (Phi) is 8.62. The molecule has 1 saturated carbocycles. The Balaban J connectivity index is 1.33. The molecular formula is C23H37N3O3. The van der Waals surface area contributed by atoms with Gasteiger partial charge in [0, 0.05) is 38.8 Å². The Bertz CT molecular complexity index is 624. The third-order valence-corrected chi connectivity index (χ3v) is 6.30. The van der Waals surface area contributed by atoms with Crippen molar-refractivity contribution in [3.05, 3.63) is 24.3 Å². The van der Waals surface area contributed by atoms with Crippen molar-refractivity contribution in [1.82, 2.24) is 10.2 Å². The number of para-hydroxylation sites is 2. The van der Waals surface area contributed by atoms with Crippen LogP contribution in [0.1, 0.15) is 39.0 Å². The molecule has 0 bridgehead atoms. The van der Waals surface area contributed by atoms with Gasteiger partial charge in [0.25, 0.3) is 0 Å². The lowest BCUT2D eigenvalue weighted by molar-refractivity contribution is -0.126. The summed E-state index contributed by atoms with van der Waals surface area (Å²) in [6.45, 7) is 8.22. The molecule has 2 fully saturated rings. The van der Waals surface area contributed by atoms with Crippen LogP contribution in [-0.4, -0.2) is 69.9 Å². The van der Waals surface area contributed by atoms with E-state index in [0.29, 0.717) is 12.6 Å². The highest BCUT2D eigenvalue weighted by Gasteiger charge is 2.24. The van der Waals surface area contributed by atoms with Crippen molar-refractivity contribution in [1.29, 1.82) is 0 Å². The predicted octanol–water partition coefficient (Wildman–Crippen LogP) is 2.92. The number of nitrogens with zero attached hydrogens (tertiary/aromatic N) is 2. The van der Waals surface area contributed by atoms with E-state index < -0.39 is 0 Å². The van der Waals surface area contributed by atoms with E-state index in [-0.39, 0.29) is 12.5 Å². The van der Waals surface area contributed by atoms with Crippen LogP contribution in [0.25, 0.3) is 0 Å². The first kappa shape index (κ1) is 21.9. The van der Waals surface area contributed by atoms with Gasteiger partial charge in [-0.05, 0) is 63.6 Å². The van der Waals surface area contributed by atoms with Gasteiger partial charge in [-0.2, -0.15) is 0 Å². The summed E-state index contributed by atoms with van der Waals surface area (Å²) in [5, 5.41) is 3.12. The van der Waals surface area contributed by atoms with Gasteiger partial charge in [-0.1, -0.05) is 12.1 Å². The smallest absolute Gasteiger partial charge is 0.246 e. The zero-order chi connectivity index (χ0) is 20.5. The first-order chi connectivity index (χ1) is 14.2. The van der Waals surface area contributed by atoms with Gasteiger partial charge in [0.1, 0.15) is 12.4 Å². The van der Waals surface area contributed by atoms with Crippen molar-refractivity contribution in [3.8, 4) is 5.75 Å². The van der Waals surface area contributed by atoms with Crippen LogP contribution < -0.4 is 15.0 Å². The van der Waals surface area contributed by atoms with Crippen molar-refractivity contribution in [3.63, 3.8) is 0 Å². The Hall–Kier alpha value is -1.79. The highest BCUT2D eigenvalue weighted by atomic mass is 16.5. The minimum Gasteiger partial charge on any atom is -0.495 e. The van der Waals surface area contributed by atoms with Crippen LogP contribution in [-0.2, 0) is 9.53 Å². The molecule has 0 spiro atoms. The van der Waals surface area contributed by atoms with E-state index in [2.05, 4.69) is 27.2 Å². The quantitative estimate of drug-likeness (QED) is 0.687. The molecule has 1 aliphatic carbocycles. The molecular weight excluding hydrogens is 366 g/mol. The number of benzene rings is 1. The van der Waals surface area contributed by atoms with Crippen LogP contribution >= 0.6 is 0 Å². The Morgan fingerprint density at radius 1 is 1.10 bits per heavy atom. The molecule has 1 heterocycles. The van der Waals surface area contributed by atoms with Crippen molar-refractivity contribution >= 4 is 11.6 Å². The number of carbonyl (C=O) groups excluding carboxylic acids is 1. The van der Waals surface area contributed by atoms with Gasteiger partial charge in [0.15, 0.2) is 0 Å². The third kappa shape index (κ3) is 6.61. The molecule has 162 valence electrons. The minimum atomic E-state index is 0.0308. The average molecular weight is 404 g/mol. The molecule has 2 aliphatic rings. The number of anilines is 1. The number of hydrogen-bond donors (Lipinski definition) is 1. The molecule has 3 rings (SSSR count). The first-order valence-electron chi connectivity index (χ1n) is 11.2. The maximum atomic E-state index is 11.8. The molecule has 1 amide bonds. The number of nitrogens with one attached hydrogen (secondary N) is 1. The van der Waals surface area contributed by atoms with Crippen molar-refractivity contribution in [2.45, 2.75) is 45.1 Å². The lowest BCUT2D eigenvalue weighted by atomic mass is 9.84. The van der Waals surface area contributed by atoms with Gasteiger partial charge in [-0.3, -0.25) is 9.69 Å². The largest absolute Gasteiger partial charge is 0.495 e. The minimum absolute atomic E-state index is 0.0308. The van der Waals surface area contributed by atoms with E-state index in [1.807, 2.05) is 19.1 Å². The summed E-state index contributed by atoms with van der Waals surface area (Å²) in [4.78, 5) is 16.8. The van der Waals surface area contributed by atoms with Crippen LogP contribution in [0.2, 0.25) is 0 Å². The fourth-order valence-electron chi connectivity index (χ4n) is 4.53. The van der Waals surface area contributed by atoms with Crippen LogP contribution in [0.5, 0.6) is 5.75 Å². The molecule has 1 N–H and O–H groups in total. The summed E-state index contributed by atoms with van der Waals surface area (Å²) in [6.07, 6.45) is 5.92. The Labute approximate surface area is 175 Å². The summed E-state index contributed by atoms with van der Waals surface area (Å²) in [5.74, 6) is 1.79. The maximum Gasteiger partial charge on any atom is 0.246 e. The van der Waals surface area contributed by atoms with Gasteiger partial charge in [0.2, 0.25) is 5.91 Å².